The first-order valence-electron chi connectivity index (χ1n) is 15.5. The molecule has 1 heterocycles. The molecule has 9 heteroatoms. The number of aliphatic hydroxyl groups is 1. The summed E-state index contributed by atoms with van der Waals surface area (Å²) in [4.78, 5) is 55.7. The van der Waals surface area contributed by atoms with E-state index >= 15 is 0 Å². The number of carbonyl (C=O) groups is 3. The van der Waals surface area contributed by atoms with E-state index in [1.54, 1.807) is 0 Å². The molecule has 1 aromatic carbocycles. The average molecular weight is 617 g/mol. The molecular weight excluding hydrogens is 576 g/mol. The summed E-state index contributed by atoms with van der Waals surface area (Å²) in [5.41, 5.74) is -4.61. The first kappa shape index (κ1) is 31.0. The van der Waals surface area contributed by atoms with E-state index in [0.29, 0.717) is 12.0 Å². The third-order valence-corrected chi connectivity index (χ3v) is 11.9. The van der Waals surface area contributed by atoms with E-state index < -0.39 is 51.0 Å². The summed E-state index contributed by atoms with van der Waals surface area (Å²) in [6.45, 7) is 12.2. The highest BCUT2D eigenvalue weighted by atomic mass is 16.5. The summed E-state index contributed by atoms with van der Waals surface area (Å²) in [6.07, 6.45) is 5.62. The van der Waals surface area contributed by atoms with Crippen molar-refractivity contribution in [2.75, 3.05) is 7.11 Å². The molecule has 0 aliphatic heterocycles. The number of ketones is 3. The second-order valence-electron chi connectivity index (χ2n) is 14.4. The van der Waals surface area contributed by atoms with Crippen LogP contribution in [0.3, 0.4) is 0 Å². The summed E-state index contributed by atoms with van der Waals surface area (Å²) < 4.78 is 11.5. The fourth-order valence-corrected chi connectivity index (χ4v) is 9.43. The molecule has 4 aliphatic rings. The molecule has 0 saturated heterocycles. The van der Waals surface area contributed by atoms with Crippen molar-refractivity contribution in [2.24, 2.45) is 28.6 Å². The molecule has 4 aliphatic carbocycles. The first-order valence-corrected chi connectivity index (χ1v) is 15.5. The topological polar surface area (TPSA) is 151 Å². The van der Waals surface area contributed by atoms with E-state index in [0.717, 1.165) is 31.1 Å². The molecule has 1 aromatic heterocycles. The molecule has 6 atom stereocenters. The van der Waals surface area contributed by atoms with Gasteiger partial charge in [-0.3, -0.25) is 19.2 Å². The van der Waals surface area contributed by atoms with Crippen molar-refractivity contribution in [1.82, 2.24) is 0 Å². The maximum atomic E-state index is 14.6. The Morgan fingerprint density at radius 3 is 2.47 bits per heavy atom. The molecule has 0 radical (unpaired) electrons. The number of aromatic hydroxyl groups is 2. The number of hydrogen-bond donors (Lipinski definition) is 3. The van der Waals surface area contributed by atoms with Crippen molar-refractivity contribution in [3.63, 3.8) is 0 Å². The summed E-state index contributed by atoms with van der Waals surface area (Å²) in [5, 5.41) is 33.4. The lowest BCUT2D eigenvalue weighted by atomic mass is 9.43. The predicted octanol–water partition coefficient (Wildman–Crippen LogP) is 5.19. The lowest BCUT2D eigenvalue weighted by Gasteiger charge is -2.62. The van der Waals surface area contributed by atoms with E-state index in [4.69, 9.17) is 9.15 Å². The Balaban J connectivity index is 1.63. The van der Waals surface area contributed by atoms with Crippen molar-refractivity contribution in [3.8, 4) is 11.5 Å². The summed E-state index contributed by atoms with van der Waals surface area (Å²) in [6, 6.07) is 3.31. The largest absolute Gasteiger partial charge is 0.508 e. The number of phenolic OH excluding ortho intramolecular Hbond substituents is 2. The molecule has 238 valence electrons. The molecule has 2 fully saturated rings. The Kier molecular flexibility index (Phi) is 6.90. The highest BCUT2D eigenvalue weighted by Crippen LogP contribution is 2.65. The Morgan fingerprint density at radius 1 is 1.07 bits per heavy atom. The van der Waals surface area contributed by atoms with Crippen LogP contribution in [0.25, 0.3) is 11.0 Å². The Labute approximate surface area is 261 Å². The number of benzene rings is 1. The SMILES string of the molecule is C=C1C(=O)CC2C(C)(C)CCCC2(C)C1(O)CC1C(C)=CCC2C(=O)C(OC)=CC(=O)C21c1cc(=O)c2c(O)cc(O)cc2o1. The van der Waals surface area contributed by atoms with Crippen molar-refractivity contribution in [2.45, 2.75) is 77.2 Å². The average Bonchev–Trinajstić information content (AvgIpc) is 2.95. The van der Waals surface area contributed by atoms with Crippen LogP contribution in [-0.4, -0.2) is 45.4 Å². The quantitative estimate of drug-likeness (QED) is 0.311. The molecule has 0 bridgehead atoms. The van der Waals surface area contributed by atoms with Crippen molar-refractivity contribution in [1.29, 1.82) is 0 Å². The summed E-state index contributed by atoms with van der Waals surface area (Å²) >= 11 is 0. The molecular formula is C36H40O9. The minimum atomic E-state index is -1.81. The van der Waals surface area contributed by atoms with Crippen molar-refractivity contribution in [3.05, 3.63) is 69.8 Å². The van der Waals surface area contributed by atoms with Crippen LogP contribution in [0.5, 0.6) is 11.5 Å². The fraction of sp³-hybridized carbons (Fsp3) is 0.500. The number of hydrogen-bond acceptors (Lipinski definition) is 9. The molecule has 6 rings (SSSR count). The van der Waals surface area contributed by atoms with E-state index in [1.807, 2.05) is 19.9 Å². The Bertz CT molecular complexity index is 1810. The highest BCUT2D eigenvalue weighted by molar-refractivity contribution is 6.14. The van der Waals surface area contributed by atoms with Gasteiger partial charge in [-0.15, -0.1) is 0 Å². The number of carbonyl (C=O) groups excluding carboxylic acids is 3. The number of Topliss-reactive ketones (excluding diaryl/α,β-unsaturated/α-hetero) is 2. The van der Waals surface area contributed by atoms with Gasteiger partial charge >= 0.3 is 0 Å². The van der Waals surface area contributed by atoms with Crippen molar-refractivity contribution < 1.29 is 38.9 Å². The van der Waals surface area contributed by atoms with Gasteiger partial charge in [0.05, 0.1) is 12.7 Å². The second kappa shape index (κ2) is 10.0. The number of allylic oxidation sites excluding steroid dienone is 4. The monoisotopic (exact) mass is 616 g/mol. The van der Waals surface area contributed by atoms with Gasteiger partial charge in [-0.1, -0.05) is 45.4 Å². The van der Waals surface area contributed by atoms with Crippen molar-refractivity contribution >= 4 is 28.3 Å². The third-order valence-electron chi connectivity index (χ3n) is 11.9. The second-order valence-corrected chi connectivity index (χ2v) is 14.4. The zero-order valence-corrected chi connectivity index (χ0v) is 26.4. The number of methoxy groups -OCH3 is 1. The van der Waals surface area contributed by atoms with Gasteiger partial charge in [0.2, 0.25) is 5.78 Å². The Morgan fingerprint density at radius 2 is 1.78 bits per heavy atom. The molecule has 2 aromatic rings. The molecule has 9 nitrogen and oxygen atoms in total. The normalized spacial score (nSPS) is 34.6. The van der Waals surface area contributed by atoms with Gasteiger partial charge in [-0.25, -0.2) is 0 Å². The number of fused-ring (bicyclic) bond motifs is 3. The fourth-order valence-electron chi connectivity index (χ4n) is 9.43. The van der Waals surface area contributed by atoms with Gasteiger partial charge in [0.15, 0.2) is 22.8 Å². The van der Waals surface area contributed by atoms with E-state index in [-0.39, 0.29) is 70.2 Å². The van der Waals surface area contributed by atoms with Crippen LogP contribution in [-0.2, 0) is 24.5 Å². The molecule has 0 spiro atoms. The molecule has 45 heavy (non-hydrogen) atoms. The lowest BCUT2D eigenvalue weighted by Crippen LogP contribution is -2.65. The summed E-state index contributed by atoms with van der Waals surface area (Å²) in [5.74, 6) is -4.45. The standard InChI is InChI=1S/C36H40O9/c1-18-8-9-21-32(42)27(44-6)16-29(41)36(21,30-15-25(40)31-24(39)12-20(37)13-26(31)45-30)22(18)17-35(43)19(2)23(38)14-28-33(3,4)10-7-11-34(28,35)5/h8,12-13,15-16,21-22,28,37,39,43H,2,7,9-11,14,17H2,1,3-6H3. The van der Waals surface area contributed by atoms with Crippen LogP contribution >= 0.6 is 0 Å². The van der Waals surface area contributed by atoms with E-state index in [2.05, 4.69) is 20.4 Å². The lowest BCUT2D eigenvalue weighted by molar-refractivity contribution is -0.173. The van der Waals surface area contributed by atoms with Gasteiger partial charge in [0.25, 0.3) is 0 Å². The van der Waals surface area contributed by atoms with E-state index in [9.17, 15) is 34.5 Å². The molecule has 0 amide bonds. The van der Waals surface area contributed by atoms with Crippen LogP contribution < -0.4 is 5.43 Å². The first-order chi connectivity index (χ1) is 21.0. The number of phenols is 2. The maximum Gasteiger partial charge on any atom is 0.202 e. The van der Waals surface area contributed by atoms with Crippen LogP contribution in [0, 0.1) is 28.6 Å². The van der Waals surface area contributed by atoms with Gasteiger partial charge in [0.1, 0.15) is 33.6 Å². The smallest absolute Gasteiger partial charge is 0.202 e. The zero-order valence-electron chi connectivity index (χ0n) is 26.4. The van der Waals surface area contributed by atoms with Gasteiger partial charge in [0, 0.05) is 53.5 Å². The minimum absolute atomic E-state index is 0.0848. The van der Waals surface area contributed by atoms with Crippen LogP contribution in [0.4, 0.5) is 0 Å². The van der Waals surface area contributed by atoms with Crippen LogP contribution in [0.2, 0.25) is 0 Å². The third kappa shape index (κ3) is 4.08. The number of rotatable bonds is 4. The van der Waals surface area contributed by atoms with E-state index in [1.165, 1.54) is 13.2 Å². The highest BCUT2D eigenvalue weighted by Gasteiger charge is 2.67. The maximum absolute atomic E-state index is 14.6. The van der Waals surface area contributed by atoms with Gasteiger partial charge < -0.3 is 24.5 Å². The molecule has 2 saturated carbocycles. The van der Waals surface area contributed by atoms with Gasteiger partial charge in [-0.05, 0) is 43.9 Å². The van der Waals surface area contributed by atoms with Gasteiger partial charge in [-0.2, -0.15) is 0 Å². The van der Waals surface area contributed by atoms with Crippen LogP contribution in [0.1, 0.15) is 72.0 Å². The zero-order chi connectivity index (χ0) is 32.9. The minimum Gasteiger partial charge on any atom is -0.508 e. The van der Waals surface area contributed by atoms with Crippen LogP contribution in [0.15, 0.2) is 63.0 Å². The Hall–Kier alpha value is -3.98. The summed E-state index contributed by atoms with van der Waals surface area (Å²) in [7, 11) is 1.30. The molecule has 6 unspecified atom stereocenters. The number of ether oxygens (including phenoxy) is 1. The predicted molar refractivity (Wildman–Crippen MR) is 166 cm³/mol. The molecule has 3 N–H and O–H groups in total.